The van der Waals surface area contributed by atoms with Gasteiger partial charge >= 0.3 is 0 Å². The van der Waals surface area contributed by atoms with Crippen molar-refractivity contribution < 1.29 is 9.18 Å². The van der Waals surface area contributed by atoms with Crippen molar-refractivity contribution in [2.75, 3.05) is 0 Å². The van der Waals surface area contributed by atoms with E-state index in [2.05, 4.69) is 4.98 Å². The van der Waals surface area contributed by atoms with Crippen LogP contribution in [0.3, 0.4) is 0 Å². The van der Waals surface area contributed by atoms with Gasteiger partial charge in [-0.15, -0.1) is 11.3 Å². The fraction of sp³-hybridized carbons (Fsp3) is 0.0909. The fourth-order valence-corrected chi connectivity index (χ4v) is 2.13. The first kappa shape index (κ1) is 9.98. The molecule has 0 bridgehead atoms. The van der Waals surface area contributed by atoms with Crippen LogP contribution in [0.1, 0.15) is 4.88 Å². The number of aromatic nitrogens is 1. The summed E-state index contributed by atoms with van der Waals surface area (Å²) < 4.78 is 13.4. The molecule has 0 saturated carbocycles. The Kier molecular flexibility index (Phi) is 2.87. The molecule has 1 aromatic carbocycles. The monoisotopic (exact) mass is 221 g/mol. The molecule has 0 saturated heterocycles. The fourth-order valence-electron chi connectivity index (χ4n) is 1.24. The van der Waals surface area contributed by atoms with Gasteiger partial charge in [-0.25, -0.2) is 9.37 Å². The first-order valence-electron chi connectivity index (χ1n) is 4.44. The van der Waals surface area contributed by atoms with Crippen LogP contribution in [0, 0.1) is 5.82 Å². The zero-order valence-electron chi connectivity index (χ0n) is 7.81. The standard InChI is InChI=1S/C11H8FNOS/c12-10-4-2-1-3-9(10)11-13-7-8(15-11)5-6-14/h1-4,6-7H,5H2. The van der Waals surface area contributed by atoms with Gasteiger partial charge in [0.15, 0.2) is 0 Å². The molecule has 0 aliphatic heterocycles. The van der Waals surface area contributed by atoms with Gasteiger partial charge in [-0.3, -0.25) is 0 Å². The number of hydrogen-bond donors (Lipinski definition) is 0. The van der Waals surface area contributed by atoms with E-state index in [4.69, 9.17) is 0 Å². The molecule has 0 fully saturated rings. The molecule has 2 rings (SSSR count). The summed E-state index contributed by atoms with van der Waals surface area (Å²) in [6, 6.07) is 6.48. The van der Waals surface area contributed by atoms with Crippen LogP contribution in [0.5, 0.6) is 0 Å². The smallest absolute Gasteiger partial charge is 0.133 e. The van der Waals surface area contributed by atoms with Gasteiger partial charge in [0.2, 0.25) is 0 Å². The van der Waals surface area contributed by atoms with Gasteiger partial charge in [0.05, 0.1) is 0 Å². The molecule has 15 heavy (non-hydrogen) atoms. The first-order valence-corrected chi connectivity index (χ1v) is 5.26. The molecule has 2 aromatic rings. The van der Waals surface area contributed by atoms with Crippen LogP contribution in [0.4, 0.5) is 4.39 Å². The van der Waals surface area contributed by atoms with Crippen molar-refractivity contribution in [3.05, 3.63) is 41.2 Å². The van der Waals surface area contributed by atoms with E-state index >= 15 is 0 Å². The highest BCUT2D eigenvalue weighted by Crippen LogP contribution is 2.27. The van der Waals surface area contributed by atoms with E-state index in [-0.39, 0.29) is 5.82 Å². The molecule has 2 nitrogen and oxygen atoms in total. The number of thiazole rings is 1. The SMILES string of the molecule is O=CCc1cnc(-c2ccccc2F)s1. The highest BCUT2D eigenvalue weighted by atomic mass is 32.1. The summed E-state index contributed by atoms with van der Waals surface area (Å²) in [4.78, 5) is 15.2. The van der Waals surface area contributed by atoms with Crippen molar-refractivity contribution in [2.45, 2.75) is 6.42 Å². The average Bonchev–Trinajstić information content (AvgIpc) is 2.68. The summed E-state index contributed by atoms with van der Waals surface area (Å²) in [6.07, 6.45) is 2.77. The van der Waals surface area contributed by atoms with Crippen molar-refractivity contribution in [2.24, 2.45) is 0 Å². The number of aldehydes is 1. The second kappa shape index (κ2) is 4.31. The Morgan fingerprint density at radius 3 is 2.93 bits per heavy atom. The molecule has 4 heteroatoms. The average molecular weight is 221 g/mol. The van der Waals surface area contributed by atoms with Crippen molar-refractivity contribution in [3.63, 3.8) is 0 Å². The summed E-state index contributed by atoms with van der Waals surface area (Å²) in [7, 11) is 0. The number of benzene rings is 1. The van der Waals surface area contributed by atoms with E-state index in [0.29, 0.717) is 17.0 Å². The highest BCUT2D eigenvalue weighted by molar-refractivity contribution is 7.15. The predicted octanol–water partition coefficient (Wildman–Crippen LogP) is 2.69. The van der Waals surface area contributed by atoms with E-state index < -0.39 is 0 Å². The molecule has 1 aromatic heterocycles. The summed E-state index contributed by atoms with van der Waals surface area (Å²) in [6.45, 7) is 0. The zero-order valence-corrected chi connectivity index (χ0v) is 8.63. The van der Waals surface area contributed by atoms with Crippen LogP contribution >= 0.6 is 11.3 Å². The van der Waals surface area contributed by atoms with Gasteiger partial charge in [-0.05, 0) is 12.1 Å². The minimum Gasteiger partial charge on any atom is -0.303 e. The van der Waals surface area contributed by atoms with E-state index in [1.807, 2.05) is 0 Å². The van der Waals surface area contributed by atoms with Gasteiger partial charge in [-0.2, -0.15) is 0 Å². The lowest BCUT2D eigenvalue weighted by Crippen LogP contribution is -1.80. The van der Waals surface area contributed by atoms with Gasteiger partial charge in [-0.1, -0.05) is 12.1 Å². The highest BCUT2D eigenvalue weighted by Gasteiger charge is 2.08. The van der Waals surface area contributed by atoms with Crippen molar-refractivity contribution >= 4 is 17.6 Å². The van der Waals surface area contributed by atoms with Crippen LogP contribution in [-0.2, 0) is 11.2 Å². The Balaban J connectivity index is 2.37. The molecule has 0 atom stereocenters. The lowest BCUT2D eigenvalue weighted by Gasteiger charge is -1.96. The Bertz CT molecular complexity index is 481. The minimum absolute atomic E-state index is 0.287. The lowest BCUT2D eigenvalue weighted by molar-refractivity contribution is -0.107. The predicted molar refractivity (Wildman–Crippen MR) is 57.3 cm³/mol. The second-order valence-corrected chi connectivity index (χ2v) is 4.10. The molecule has 0 unspecified atom stereocenters. The summed E-state index contributed by atoms with van der Waals surface area (Å²) in [5, 5.41) is 0.616. The normalized spacial score (nSPS) is 10.2. The molecule has 0 N–H and O–H groups in total. The van der Waals surface area contributed by atoms with Crippen LogP contribution in [0.25, 0.3) is 10.6 Å². The molecule has 0 aliphatic rings. The number of carbonyl (C=O) groups excluding carboxylic acids is 1. The van der Waals surface area contributed by atoms with Crippen LogP contribution < -0.4 is 0 Å². The summed E-state index contributed by atoms with van der Waals surface area (Å²) in [5.41, 5.74) is 0.486. The Morgan fingerprint density at radius 1 is 1.40 bits per heavy atom. The van der Waals surface area contributed by atoms with E-state index in [1.54, 1.807) is 24.4 Å². The molecule has 0 radical (unpaired) electrons. The number of carbonyl (C=O) groups is 1. The quantitative estimate of drug-likeness (QED) is 0.746. The van der Waals surface area contributed by atoms with E-state index in [9.17, 15) is 9.18 Å². The maximum Gasteiger partial charge on any atom is 0.133 e. The Morgan fingerprint density at radius 2 is 2.20 bits per heavy atom. The minimum atomic E-state index is -0.287. The van der Waals surface area contributed by atoms with Gasteiger partial charge in [0, 0.05) is 23.1 Å². The van der Waals surface area contributed by atoms with Crippen LogP contribution in [-0.4, -0.2) is 11.3 Å². The van der Waals surface area contributed by atoms with E-state index in [0.717, 1.165) is 11.2 Å². The summed E-state index contributed by atoms with van der Waals surface area (Å²) >= 11 is 1.34. The second-order valence-electron chi connectivity index (χ2n) is 2.98. The maximum atomic E-state index is 13.4. The third kappa shape index (κ3) is 2.10. The van der Waals surface area contributed by atoms with Gasteiger partial charge in [0.1, 0.15) is 17.1 Å². The van der Waals surface area contributed by atoms with E-state index in [1.165, 1.54) is 17.4 Å². The van der Waals surface area contributed by atoms with Crippen molar-refractivity contribution in [1.29, 1.82) is 0 Å². The van der Waals surface area contributed by atoms with Crippen LogP contribution in [0.2, 0.25) is 0 Å². The zero-order chi connectivity index (χ0) is 10.7. The number of halogens is 1. The number of hydrogen-bond acceptors (Lipinski definition) is 3. The third-order valence-corrected chi connectivity index (χ3v) is 3.00. The van der Waals surface area contributed by atoms with Gasteiger partial charge < -0.3 is 4.79 Å². The molecular formula is C11H8FNOS. The van der Waals surface area contributed by atoms with Crippen LogP contribution in [0.15, 0.2) is 30.5 Å². The molecule has 0 spiro atoms. The molecular weight excluding hydrogens is 213 g/mol. The molecule has 0 aliphatic carbocycles. The Labute approximate surface area is 90.4 Å². The first-order chi connectivity index (χ1) is 7.31. The maximum absolute atomic E-state index is 13.4. The third-order valence-electron chi connectivity index (χ3n) is 1.94. The largest absolute Gasteiger partial charge is 0.303 e. The molecule has 0 amide bonds. The molecule has 1 heterocycles. The summed E-state index contributed by atoms with van der Waals surface area (Å²) in [5.74, 6) is -0.287. The topological polar surface area (TPSA) is 30.0 Å². The van der Waals surface area contributed by atoms with Crippen molar-refractivity contribution in [1.82, 2.24) is 4.98 Å². The molecule has 76 valence electrons. The van der Waals surface area contributed by atoms with Gasteiger partial charge in [0.25, 0.3) is 0 Å². The van der Waals surface area contributed by atoms with Crippen molar-refractivity contribution in [3.8, 4) is 10.6 Å². The number of nitrogens with zero attached hydrogens (tertiary/aromatic N) is 1. The lowest BCUT2D eigenvalue weighted by atomic mass is 10.2. The Hall–Kier alpha value is -1.55. The number of rotatable bonds is 3.